The van der Waals surface area contributed by atoms with Crippen LogP contribution in [0.15, 0.2) is 140 Å². The molecule has 4 nitrogen and oxygen atoms in total. The summed E-state index contributed by atoms with van der Waals surface area (Å²) in [5.41, 5.74) is 15.2. The predicted molar refractivity (Wildman–Crippen MR) is 194 cm³/mol. The maximum atomic E-state index is 6.86. The smallest absolute Gasteiger partial charge is 0.256 e. The lowest BCUT2D eigenvalue weighted by Gasteiger charge is -2.49. The van der Waals surface area contributed by atoms with Gasteiger partial charge in [-0.15, -0.1) is 0 Å². The van der Waals surface area contributed by atoms with Crippen molar-refractivity contribution in [1.29, 1.82) is 0 Å². The van der Waals surface area contributed by atoms with E-state index in [1.165, 1.54) is 44.1 Å². The van der Waals surface area contributed by atoms with Crippen molar-refractivity contribution in [1.82, 2.24) is 0 Å². The molecule has 48 heavy (non-hydrogen) atoms. The van der Waals surface area contributed by atoms with Crippen LogP contribution in [0.2, 0.25) is 0 Å². The number of benzene rings is 7. The summed E-state index contributed by atoms with van der Waals surface area (Å²) in [5, 5.41) is 0. The lowest BCUT2D eigenvalue weighted by Crippen LogP contribution is -2.67. The number of rotatable bonds is 2. The van der Waals surface area contributed by atoms with E-state index in [1.54, 1.807) is 0 Å². The zero-order valence-corrected chi connectivity index (χ0v) is 25.6. The molecule has 12 rings (SSSR count). The van der Waals surface area contributed by atoms with Crippen molar-refractivity contribution in [3.8, 4) is 56.8 Å². The molecule has 5 aliphatic heterocycles. The summed E-state index contributed by atoms with van der Waals surface area (Å²) in [6.45, 7) is -0.0703. The first-order valence-corrected chi connectivity index (χ1v) is 16.5. The van der Waals surface area contributed by atoms with Crippen molar-refractivity contribution >= 4 is 63.3 Å². The Morgan fingerprint density at radius 2 is 0.812 bits per heavy atom. The molecule has 0 fully saturated rings. The largest absolute Gasteiger partial charge is 0.458 e. The third-order valence-corrected chi connectivity index (χ3v) is 10.7. The van der Waals surface area contributed by atoms with Crippen LogP contribution in [0.25, 0.3) is 22.3 Å². The molecular weight excluding hydrogens is 588 g/mol. The molecule has 0 aliphatic carbocycles. The summed E-state index contributed by atoms with van der Waals surface area (Å²) < 4.78 is 20.5. The molecule has 0 aromatic heterocycles. The number of fused-ring (bicyclic) bond motifs is 6. The van der Waals surface area contributed by atoms with Crippen molar-refractivity contribution < 1.29 is 14.2 Å². The lowest BCUT2D eigenvalue weighted by molar-refractivity contribution is 0.464. The fraction of sp³-hybridized carbons (Fsp3) is 0. The third-order valence-electron chi connectivity index (χ3n) is 10.7. The van der Waals surface area contributed by atoms with Gasteiger partial charge in [-0.2, -0.15) is 0 Å². The fourth-order valence-electron chi connectivity index (χ4n) is 8.81. The van der Waals surface area contributed by atoms with Crippen LogP contribution in [0.5, 0.6) is 34.5 Å². The molecule has 0 radical (unpaired) electrons. The first-order valence-electron chi connectivity index (χ1n) is 16.5. The van der Waals surface area contributed by atoms with Crippen molar-refractivity contribution in [3.05, 3.63) is 140 Å². The molecule has 0 amide bonds. The molecule has 0 unspecified atom stereocenters. The summed E-state index contributed by atoms with van der Waals surface area (Å²) >= 11 is 0. The zero-order valence-electron chi connectivity index (χ0n) is 25.6. The van der Waals surface area contributed by atoms with E-state index in [-0.39, 0.29) is 13.4 Å². The van der Waals surface area contributed by atoms with E-state index in [9.17, 15) is 0 Å². The number of anilines is 3. The summed E-state index contributed by atoms with van der Waals surface area (Å²) in [5.74, 6) is 5.19. The summed E-state index contributed by atoms with van der Waals surface area (Å²) in [6.07, 6.45) is 0. The van der Waals surface area contributed by atoms with Crippen LogP contribution in [-0.4, -0.2) is 13.4 Å². The number of nitrogens with zero attached hydrogens (tertiary/aromatic N) is 1. The Kier molecular flexibility index (Phi) is 4.59. The minimum Gasteiger partial charge on any atom is -0.458 e. The quantitative estimate of drug-likeness (QED) is 0.210. The van der Waals surface area contributed by atoms with Gasteiger partial charge in [0, 0.05) is 11.8 Å². The van der Waals surface area contributed by atoms with Crippen LogP contribution in [0, 0.1) is 0 Å². The van der Waals surface area contributed by atoms with Gasteiger partial charge in [0.15, 0.2) is 11.5 Å². The van der Waals surface area contributed by atoms with Gasteiger partial charge in [0.05, 0.1) is 11.4 Å². The Labute approximate surface area is 277 Å². The molecule has 0 N–H and O–H groups in total. The minimum absolute atomic E-state index is 0.0352. The van der Waals surface area contributed by atoms with Crippen molar-refractivity contribution in [3.63, 3.8) is 0 Å². The Balaban J connectivity index is 1.17. The van der Waals surface area contributed by atoms with Crippen molar-refractivity contribution in [2.24, 2.45) is 0 Å². The van der Waals surface area contributed by atoms with Gasteiger partial charge in [-0.3, -0.25) is 0 Å². The van der Waals surface area contributed by atoms with E-state index >= 15 is 0 Å². The van der Waals surface area contributed by atoms with Crippen molar-refractivity contribution in [2.45, 2.75) is 0 Å². The van der Waals surface area contributed by atoms with Gasteiger partial charge >= 0.3 is 0 Å². The number of hydrogen-bond donors (Lipinski definition) is 0. The van der Waals surface area contributed by atoms with Gasteiger partial charge in [0.25, 0.3) is 13.4 Å². The number of ether oxygens (including phenoxy) is 3. The molecule has 0 saturated carbocycles. The molecule has 0 spiro atoms. The Morgan fingerprint density at radius 1 is 0.333 bits per heavy atom. The van der Waals surface area contributed by atoms with Gasteiger partial charge in [-0.05, 0) is 79.3 Å². The molecule has 5 aliphatic rings. The summed E-state index contributed by atoms with van der Waals surface area (Å²) in [4.78, 5) is 2.45. The van der Waals surface area contributed by atoms with Gasteiger partial charge in [-0.1, -0.05) is 109 Å². The van der Waals surface area contributed by atoms with E-state index in [4.69, 9.17) is 14.2 Å². The van der Waals surface area contributed by atoms with Gasteiger partial charge in [0.1, 0.15) is 23.0 Å². The maximum absolute atomic E-state index is 6.86. The van der Waals surface area contributed by atoms with Crippen LogP contribution in [-0.2, 0) is 0 Å². The lowest BCUT2D eigenvalue weighted by atomic mass is 9.29. The number of hydrogen-bond acceptors (Lipinski definition) is 4. The molecule has 0 bridgehead atoms. The van der Waals surface area contributed by atoms with E-state index in [0.717, 1.165) is 62.5 Å². The summed E-state index contributed by atoms with van der Waals surface area (Å²) in [7, 11) is 0. The van der Waals surface area contributed by atoms with Gasteiger partial charge in [0.2, 0.25) is 0 Å². The average molecular weight is 611 g/mol. The minimum atomic E-state index is -0.0352. The molecule has 6 heteroatoms. The predicted octanol–water partition coefficient (Wildman–Crippen LogP) is 6.47. The maximum Gasteiger partial charge on any atom is 0.256 e. The van der Waals surface area contributed by atoms with E-state index in [1.807, 2.05) is 0 Å². The Bertz CT molecular complexity index is 2400. The molecule has 0 saturated heterocycles. The van der Waals surface area contributed by atoms with Crippen LogP contribution < -0.4 is 51.9 Å². The highest BCUT2D eigenvalue weighted by atomic mass is 16.5. The Hall–Kier alpha value is -6.13. The van der Waals surface area contributed by atoms with E-state index in [2.05, 4.69) is 144 Å². The monoisotopic (exact) mass is 611 g/mol. The highest BCUT2D eigenvalue weighted by molar-refractivity contribution is 7.03. The van der Waals surface area contributed by atoms with Crippen LogP contribution in [0.4, 0.5) is 17.1 Å². The first kappa shape index (κ1) is 25.0. The molecule has 0 atom stereocenters. The van der Waals surface area contributed by atoms with Crippen molar-refractivity contribution in [2.75, 3.05) is 4.90 Å². The van der Waals surface area contributed by atoms with E-state index < -0.39 is 0 Å². The highest BCUT2D eigenvalue weighted by Gasteiger charge is 2.53. The SMILES string of the molecule is c1ccc(-c2ccc3c(c2)B2c4cccc5c4N4c6c(cccc6B6c7cc(-c8ccccc8)ccc7Oc7cc(c2c4c76)O3)O5)cc1. The van der Waals surface area contributed by atoms with Gasteiger partial charge in [-0.25, -0.2) is 0 Å². The first-order chi connectivity index (χ1) is 23.8. The normalized spacial score (nSPS) is 14.2. The standard InChI is InChI=1S/C42H23B2NO3/c1-3-9-24(10-4-1)26-17-19-32-30(21-26)43-28-13-7-15-34-40(28)45-41-29(14-8-16-35(41)48-34)44-31-22-27(25-11-5-2-6-12-25)18-20-33(31)47-37-23-36(46-32)38(43)42(45)39(37)44/h1-23H. The molecule has 5 heterocycles. The second-order valence-electron chi connectivity index (χ2n) is 13.2. The highest BCUT2D eigenvalue weighted by Crippen LogP contribution is 2.54. The molecule has 7 aromatic rings. The topological polar surface area (TPSA) is 30.9 Å². The van der Waals surface area contributed by atoms with Gasteiger partial charge < -0.3 is 19.1 Å². The average Bonchev–Trinajstić information content (AvgIpc) is 3.15. The van der Waals surface area contributed by atoms with E-state index in [0.29, 0.717) is 0 Å². The fourth-order valence-corrected chi connectivity index (χ4v) is 8.81. The van der Waals surface area contributed by atoms with Crippen LogP contribution >= 0.6 is 0 Å². The number of para-hydroxylation sites is 2. The second kappa shape index (κ2) is 8.81. The van der Waals surface area contributed by atoms with Crippen LogP contribution in [0.1, 0.15) is 0 Å². The second-order valence-corrected chi connectivity index (χ2v) is 13.2. The summed E-state index contributed by atoms with van der Waals surface area (Å²) in [6, 6.07) is 49.5. The molecule has 220 valence electrons. The Morgan fingerprint density at radius 3 is 1.31 bits per heavy atom. The zero-order chi connectivity index (χ0) is 31.1. The third kappa shape index (κ3) is 3.08. The van der Waals surface area contributed by atoms with Crippen LogP contribution in [0.3, 0.4) is 0 Å². The molecule has 7 aromatic carbocycles. The molecular formula is C42H23B2NO3.